The quantitative estimate of drug-likeness (QED) is 0.912. The number of anilines is 1. The van der Waals surface area contributed by atoms with E-state index in [0.717, 1.165) is 35.6 Å². The lowest BCUT2D eigenvalue weighted by molar-refractivity contribution is -0.121. The number of aromatic nitrogens is 1. The van der Waals surface area contributed by atoms with Crippen LogP contribution in [0.4, 0.5) is 5.69 Å². The van der Waals surface area contributed by atoms with Gasteiger partial charge < -0.3 is 10.6 Å². The third kappa shape index (κ3) is 2.59. The zero-order valence-corrected chi connectivity index (χ0v) is 12.2. The molecule has 5 heteroatoms. The fourth-order valence-electron chi connectivity index (χ4n) is 2.45. The number of carbonyl (C=O) groups is 1. The summed E-state index contributed by atoms with van der Waals surface area (Å²) < 4.78 is 0. The number of nitrogens with zero attached hydrogens (tertiary/aromatic N) is 1. The van der Waals surface area contributed by atoms with E-state index >= 15 is 0 Å². The van der Waals surface area contributed by atoms with Crippen LogP contribution in [0, 0.1) is 0 Å². The smallest absolute Gasteiger partial charge is 0.244 e. The molecule has 1 aliphatic rings. The first-order valence-corrected chi connectivity index (χ1v) is 7.62. The summed E-state index contributed by atoms with van der Waals surface area (Å²) >= 11 is 1.59. The number of hydrogen-bond donors (Lipinski definition) is 2. The van der Waals surface area contributed by atoms with Gasteiger partial charge in [0.1, 0.15) is 5.01 Å². The number of rotatable bonds is 3. The van der Waals surface area contributed by atoms with Crippen molar-refractivity contribution in [1.82, 2.24) is 10.3 Å². The second-order valence-corrected chi connectivity index (χ2v) is 6.13. The molecule has 1 atom stereocenters. The summed E-state index contributed by atoms with van der Waals surface area (Å²) in [6.07, 6.45) is 3.71. The molecule has 104 valence electrons. The average molecular weight is 287 g/mol. The highest BCUT2D eigenvalue weighted by Gasteiger charge is 2.35. The molecule has 2 aromatic rings. The summed E-state index contributed by atoms with van der Waals surface area (Å²) in [6, 6.07) is 7.82. The molecular weight excluding hydrogens is 270 g/mol. The van der Waals surface area contributed by atoms with Crippen molar-refractivity contribution in [2.24, 2.45) is 0 Å². The van der Waals surface area contributed by atoms with Crippen LogP contribution in [-0.2, 0) is 4.79 Å². The van der Waals surface area contributed by atoms with Gasteiger partial charge >= 0.3 is 0 Å². The predicted octanol–water partition coefficient (Wildman–Crippen LogP) is 2.89. The Morgan fingerprint density at radius 2 is 2.40 bits per heavy atom. The lowest BCUT2D eigenvalue weighted by Gasteiger charge is -2.23. The fraction of sp³-hybridized carbons (Fsp3) is 0.333. The molecule has 0 bridgehead atoms. The van der Waals surface area contributed by atoms with Crippen molar-refractivity contribution in [3.8, 4) is 10.6 Å². The second kappa shape index (κ2) is 5.34. The molecule has 1 aliphatic heterocycles. The summed E-state index contributed by atoms with van der Waals surface area (Å²) in [7, 11) is 0. The molecule has 3 rings (SSSR count). The summed E-state index contributed by atoms with van der Waals surface area (Å²) in [5.41, 5.74) is 1.40. The van der Waals surface area contributed by atoms with Crippen molar-refractivity contribution in [3.05, 3.63) is 35.8 Å². The Kier molecular flexibility index (Phi) is 3.54. The Hall–Kier alpha value is -1.72. The van der Waals surface area contributed by atoms with Crippen LogP contribution in [0.5, 0.6) is 0 Å². The number of hydrogen-bond acceptors (Lipinski definition) is 4. The minimum Gasteiger partial charge on any atom is -0.324 e. The molecule has 0 radical (unpaired) electrons. The van der Waals surface area contributed by atoms with E-state index in [1.54, 1.807) is 17.5 Å². The summed E-state index contributed by atoms with van der Waals surface area (Å²) in [5, 5.41) is 9.19. The van der Waals surface area contributed by atoms with Crippen LogP contribution < -0.4 is 10.6 Å². The molecule has 1 amide bonds. The molecule has 2 heterocycles. The van der Waals surface area contributed by atoms with Crippen LogP contribution in [0.2, 0.25) is 0 Å². The maximum Gasteiger partial charge on any atom is 0.244 e. The summed E-state index contributed by atoms with van der Waals surface area (Å²) in [5.74, 6) is 0.0336. The zero-order valence-electron chi connectivity index (χ0n) is 11.3. The number of thiazole rings is 1. The highest BCUT2D eigenvalue weighted by atomic mass is 32.1. The maximum absolute atomic E-state index is 12.3. The van der Waals surface area contributed by atoms with Gasteiger partial charge in [-0.2, -0.15) is 0 Å². The van der Waals surface area contributed by atoms with E-state index < -0.39 is 5.54 Å². The zero-order chi connectivity index (χ0) is 14.0. The van der Waals surface area contributed by atoms with Gasteiger partial charge in [-0.1, -0.05) is 12.1 Å². The first-order chi connectivity index (χ1) is 9.67. The van der Waals surface area contributed by atoms with E-state index in [9.17, 15) is 4.79 Å². The second-order valence-electron chi connectivity index (χ2n) is 5.23. The predicted molar refractivity (Wildman–Crippen MR) is 81.8 cm³/mol. The Bertz CT molecular complexity index is 603. The van der Waals surface area contributed by atoms with E-state index in [2.05, 4.69) is 15.6 Å². The number of amides is 1. The van der Waals surface area contributed by atoms with Crippen LogP contribution in [0.25, 0.3) is 10.6 Å². The summed E-state index contributed by atoms with van der Waals surface area (Å²) in [4.78, 5) is 16.6. The normalized spacial score (nSPS) is 21.9. The minimum atomic E-state index is -0.447. The molecule has 1 aromatic heterocycles. The van der Waals surface area contributed by atoms with Crippen molar-refractivity contribution >= 4 is 22.9 Å². The Balaban J connectivity index is 1.78. The van der Waals surface area contributed by atoms with Crippen LogP contribution in [0.3, 0.4) is 0 Å². The molecule has 1 saturated heterocycles. The molecular formula is C15H17N3OS. The van der Waals surface area contributed by atoms with Crippen LogP contribution in [-0.4, -0.2) is 23.0 Å². The van der Waals surface area contributed by atoms with Crippen molar-refractivity contribution in [2.45, 2.75) is 25.3 Å². The molecule has 1 fully saturated rings. The van der Waals surface area contributed by atoms with Gasteiger partial charge in [0, 0.05) is 22.8 Å². The summed E-state index contributed by atoms with van der Waals surface area (Å²) in [6.45, 7) is 2.86. The van der Waals surface area contributed by atoms with Gasteiger partial charge in [0.25, 0.3) is 0 Å². The van der Waals surface area contributed by atoms with E-state index in [1.807, 2.05) is 36.6 Å². The van der Waals surface area contributed by atoms with Crippen LogP contribution in [0.15, 0.2) is 35.8 Å². The average Bonchev–Trinajstić information content (AvgIpc) is 3.11. The van der Waals surface area contributed by atoms with Crippen molar-refractivity contribution in [2.75, 3.05) is 11.9 Å². The van der Waals surface area contributed by atoms with Crippen molar-refractivity contribution < 1.29 is 4.79 Å². The van der Waals surface area contributed by atoms with Crippen molar-refractivity contribution in [3.63, 3.8) is 0 Å². The maximum atomic E-state index is 12.3. The van der Waals surface area contributed by atoms with E-state index in [4.69, 9.17) is 0 Å². The SMILES string of the molecule is CC1(C(=O)Nc2cccc(-c3nccs3)c2)CCCN1. The first kappa shape index (κ1) is 13.3. The van der Waals surface area contributed by atoms with Crippen molar-refractivity contribution in [1.29, 1.82) is 0 Å². The largest absolute Gasteiger partial charge is 0.324 e. The fourth-order valence-corrected chi connectivity index (χ4v) is 3.09. The van der Waals surface area contributed by atoms with Gasteiger partial charge in [0.05, 0.1) is 5.54 Å². The highest BCUT2D eigenvalue weighted by molar-refractivity contribution is 7.13. The van der Waals surface area contributed by atoms with E-state index in [-0.39, 0.29) is 5.91 Å². The molecule has 2 N–H and O–H groups in total. The number of benzene rings is 1. The molecule has 1 aromatic carbocycles. The Morgan fingerprint density at radius 3 is 3.10 bits per heavy atom. The topological polar surface area (TPSA) is 54.0 Å². The lowest BCUT2D eigenvalue weighted by Crippen LogP contribution is -2.47. The number of nitrogens with one attached hydrogen (secondary N) is 2. The van der Waals surface area contributed by atoms with Gasteiger partial charge in [0.2, 0.25) is 5.91 Å². The van der Waals surface area contributed by atoms with Gasteiger partial charge in [0.15, 0.2) is 0 Å². The molecule has 0 spiro atoms. The first-order valence-electron chi connectivity index (χ1n) is 6.74. The Labute approximate surface area is 122 Å². The van der Waals surface area contributed by atoms with E-state index in [0.29, 0.717) is 0 Å². The Morgan fingerprint density at radius 1 is 1.50 bits per heavy atom. The molecule has 0 aliphatic carbocycles. The third-order valence-corrected chi connectivity index (χ3v) is 4.49. The molecule has 20 heavy (non-hydrogen) atoms. The standard InChI is InChI=1S/C15H17N3OS/c1-15(6-3-7-17-15)14(19)18-12-5-2-4-11(10-12)13-16-8-9-20-13/h2,4-5,8-10,17H,3,6-7H2,1H3,(H,18,19). The molecule has 0 saturated carbocycles. The number of carbonyl (C=O) groups excluding carboxylic acids is 1. The monoisotopic (exact) mass is 287 g/mol. The van der Waals surface area contributed by atoms with E-state index in [1.165, 1.54) is 0 Å². The van der Waals surface area contributed by atoms with Gasteiger partial charge in [-0.25, -0.2) is 4.98 Å². The highest BCUT2D eigenvalue weighted by Crippen LogP contribution is 2.26. The molecule has 4 nitrogen and oxygen atoms in total. The third-order valence-electron chi connectivity index (χ3n) is 3.67. The van der Waals surface area contributed by atoms with Gasteiger partial charge in [-0.05, 0) is 38.4 Å². The van der Waals surface area contributed by atoms with Crippen LogP contribution in [0.1, 0.15) is 19.8 Å². The molecule has 1 unspecified atom stereocenters. The lowest BCUT2D eigenvalue weighted by atomic mass is 9.99. The van der Waals surface area contributed by atoms with Gasteiger partial charge in [-0.15, -0.1) is 11.3 Å². The van der Waals surface area contributed by atoms with Gasteiger partial charge in [-0.3, -0.25) is 4.79 Å². The van der Waals surface area contributed by atoms with Crippen LogP contribution >= 0.6 is 11.3 Å². The minimum absolute atomic E-state index is 0.0336.